The molecule has 1 fully saturated rings. The minimum atomic E-state index is -5.08. The van der Waals surface area contributed by atoms with E-state index in [1.54, 1.807) is 0 Å². The van der Waals surface area contributed by atoms with E-state index in [4.69, 9.17) is 29.7 Å². The summed E-state index contributed by atoms with van der Waals surface area (Å²) >= 11 is 3.59. The number of benzene rings is 2. The van der Waals surface area contributed by atoms with Gasteiger partial charge in [0.05, 0.1) is 0 Å². The summed E-state index contributed by atoms with van der Waals surface area (Å²) < 4.78 is 96.1. The maximum atomic E-state index is 12.8. The molecule has 0 bridgehead atoms. The van der Waals surface area contributed by atoms with Crippen LogP contribution in [-0.2, 0) is 20.8 Å². The standard InChI is InChI=1S/C25H27BrN4O.3C2HF3O2/c1-19-3-2-4-20(15-19)5-10-28-25(31)21-16-22(26)18-24(17-21)30-13-11-29(12-14-30)23-6-8-27-9-7-23;3*3-2(4,5)1(6)7/h2-4,6-9,15-18H,5,10-14H2,1H3,(H,28,31);3*(H,6,7). The van der Waals surface area contributed by atoms with Crippen molar-refractivity contribution < 1.29 is 74.0 Å². The average molecular weight is 821 g/mol. The third kappa shape index (κ3) is 17.2. The highest BCUT2D eigenvalue weighted by Gasteiger charge is 2.39. The van der Waals surface area contributed by atoms with Gasteiger partial charge in [-0.05, 0) is 49.2 Å². The van der Waals surface area contributed by atoms with Crippen molar-refractivity contribution >= 4 is 51.1 Å². The van der Waals surface area contributed by atoms with Crippen molar-refractivity contribution in [3.05, 3.63) is 88.2 Å². The molecule has 2 heterocycles. The molecule has 0 radical (unpaired) electrons. The number of nitrogens with zero attached hydrogens (tertiary/aromatic N) is 3. The van der Waals surface area contributed by atoms with Gasteiger partial charge in [-0.25, -0.2) is 14.4 Å². The van der Waals surface area contributed by atoms with Gasteiger partial charge in [-0.15, -0.1) is 0 Å². The molecule has 1 aromatic heterocycles. The molecule has 4 N–H and O–H groups in total. The van der Waals surface area contributed by atoms with E-state index in [-0.39, 0.29) is 5.91 Å². The van der Waals surface area contributed by atoms with Crippen molar-refractivity contribution in [2.24, 2.45) is 0 Å². The van der Waals surface area contributed by atoms with Crippen LogP contribution >= 0.6 is 15.9 Å². The highest BCUT2D eigenvalue weighted by Crippen LogP contribution is 2.25. The van der Waals surface area contributed by atoms with E-state index in [1.807, 2.05) is 36.7 Å². The van der Waals surface area contributed by atoms with E-state index in [1.165, 1.54) is 16.8 Å². The second kappa shape index (κ2) is 20.1. The smallest absolute Gasteiger partial charge is 0.475 e. The topological polar surface area (TPSA) is 160 Å². The van der Waals surface area contributed by atoms with Gasteiger partial charge in [-0.2, -0.15) is 39.5 Å². The summed E-state index contributed by atoms with van der Waals surface area (Å²) in [5, 5.41) is 24.4. The number of aromatic nitrogens is 1. The van der Waals surface area contributed by atoms with E-state index in [2.05, 4.69) is 73.3 Å². The first-order valence-electron chi connectivity index (χ1n) is 14.4. The SMILES string of the molecule is Cc1cccc(CCNC(=O)c2cc(Br)cc(N3CCN(c4ccncc4)CC3)c2)c1.O=C(O)C(F)(F)F.O=C(O)C(F)(F)F.O=C(O)C(F)(F)F. The third-order valence-corrected chi connectivity index (χ3v) is 6.78. The van der Waals surface area contributed by atoms with Gasteiger partial charge in [0.15, 0.2) is 0 Å². The Kier molecular flexibility index (Phi) is 17.4. The van der Waals surface area contributed by atoms with E-state index in [0.717, 1.165) is 42.8 Å². The Labute approximate surface area is 297 Å². The molecule has 21 heteroatoms. The van der Waals surface area contributed by atoms with Crippen LogP contribution in [-0.4, -0.2) is 95.4 Å². The number of aryl methyl sites for hydroxylation is 1. The van der Waals surface area contributed by atoms with Crippen LogP contribution in [0.2, 0.25) is 0 Å². The van der Waals surface area contributed by atoms with Crippen molar-refractivity contribution in [1.82, 2.24) is 10.3 Å². The van der Waals surface area contributed by atoms with Crippen LogP contribution in [0.4, 0.5) is 50.9 Å². The lowest BCUT2D eigenvalue weighted by molar-refractivity contribution is -0.193. The second-order valence-corrected chi connectivity index (χ2v) is 11.2. The molecule has 1 amide bonds. The summed E-state index contributed by atoms with van der Waals surface area (Å²) in [5.74, 6) is -8.31. The normalized spacial score (nSPS) is 12.8. The largest absolute Gasteiger partial charge is 0.490 e. The van der Waals surface area contributed by atoms with Gasteiger partial charge in [-0.1, -0.05) is 45.8 Å². The molecule has 2 aromatic carbocycles. The Morgan fingerprint density at radius 2 is 1.15 bits per heavy atom. The van der Waals surface area contributed by atoms with Crippen molar-refractivity contribution in [2.75, 3.05) is 42.5 Å². The highest BCUT2D eigenvalue weighted by atomic mass is 79.9. The zero-order valence-electron chi connectivity index (χ0n) is 26.7. The summed E-state index contributed by atoms with van der Waals surface area (Å²) in [5.41, 5.74) is 5.45. The number of hydrogen-bond donors (Lipinski definition) is 4. The summed E-state index contributed by atoms with van der Waals surface area (Å²) in [7, 11) is 0. The van der Waals surface area contributed by atoms with Crippen molar-refractivity contribution in [3.63, 3.8) is 0 Å². The number of rotatable bonds is 6. The average Bonchev–Trinajstić information content (AvgIpc) is 3.04. The van der Waals surface area contributed by atoms with Gasteiger partial charge in [0, 0.05) is 66.5 Å². The molecule has 4 rings (SSSR count). The predicted octanol–water partition coefficient (Wildman–Crippen LogP) is 6.35. The summed E-state index contributed by atoms with van der Waals surface area (Å²) in [6, 6.07) is 18.5. The van der Waals surface area contributed by atoms with Crippen LogP contribution in [0.3, 0.4) is 0 Å². The lowest BCUT2D eigenvalue weighted by Gasteiger charge is -2.37. The minimum Gasteiger partial charge on any atom is -0.475 e. The first-order valence-corrected chi connectivity index (χ1v) is 15.2. The lowest BCUT2D eigenvalue weighted by atomic mass is 10.1. The Bertz CT molecular complexity index is 1580. The number of carboxylic acids is 3. The fourth-order valence-corrected chi connectivity index (χ4v) is 4.44. The molecule has 0 saturated carbocycles. The monoisotopic (exact) mass is 820 g/mol. The van der Waals surface area contributed by atoms with Gasteiger partial charge in [0.25, 0.3) is 5.91 Å². The molecule has 0 aliphatic carbocycles. The molecular weight excluding hydrogens is 791 g/mol. The number of carbonyl (C=O) groups is 4. The van der Waals surface area contributed by atoms with E-state index < -0.39 is 36.4 Å². The maximum Gasteiger partial charge on any atom is 0.490 e. The number of aliphatic carboxylic acids is 3. The van der Waals surface area contributed by atoms with Gasteiger partial charge >= 0.3 is 36.4 Å². The molecular formula is C31H30BrF9N4O7. The van der Waals surface area contributed by atoms with Crippen molar-refractivity contribution in [2.45, 2.75) is 31.9 Å². The maximum absolute atomic E-state index is 12.8. The van der Waals surface area contributed by atoms with E-state index >= 15 is 0 Å². The van der Waals surface area contributed by atoms with Crippen molar-refractivity contribution in [3.8, 4) is 0 Å². The number of alkyl halides is 9. The van der Waals surface area contributed by atoms with Crippen LogP contribution in [0.15, 0.2) is 71.5 Å². The van der Waals surface area contributed by atoms with Crippen LogP contribution in [0, 0.1) is 6.92 Å². The second-order valence-electron chi connectivity index (χ2n) is 10.3. The Morgan fingerprint density at radius 1 is 0.712 bits per heavy atom. The number of piperazine rings is 1. The first-order chi connectivity index (χ1) is 23.9. The molecule has 1 aliphatic heterocycles. The van der Waals surface area contributed by atoms with Crippen LogP contribution in [0.1, 0.15) is 21.5 Å². The van der Waals surface area contributed by atoms with E-state index in [0.29, 0.717) is 12.1 Å². The molecule has 3 aromatic rings. The molecule has 0 spiro atoms. The third-order valence-electron chi connectivity index (χ3n) is 6.33. The molecule has 286 valence electrons. The molecule has 1 saturated heterocycles. The van der Waals surface area contributed by atoms with Gasteiger partial charge in [0.1, 0.15) is 0 Å². The summed E-state index contributed by atoms with van der Waals surface area (Å²) in [6.45, 7) is 6.40. The van der Waals surface area contributed by atoms with Gasteiger partial charge in [-0.3, -0.25) is 9.78 Å². The lowest BCUT2D eigenvalue weighted by Crippen LogP contribution is -2.46. The van der Waals surface area contributed by atoms with Crippen LogP contribution in [0.25, 0.3) is 0 Å². The molecule has 0 atom stereocenters. The number of amides is 1. The van der Waals surface area contributed by atoms with Crippen molar-refractivity contribution in [1.29, 1.82) is 0 Å². The number of carbonyl (C=O) groups excluding carboxylic acids is 1. The number of anilines is 2. The van der Waals surface area contributed by atoms with Crippen LogP contribution < -0.4 is 15.1 Å². The van der Waals surface area contributed by atoms with E-state index in [9.17, 15) is 44.3 Å². The molecule has 52 heavy (non-hydrogen) atoms. The zero-order valence-corrected chi connectivity index (χ0v) is 28.3. The number of pyridine rings is 1. The number of hydrogen-bond acceptors (Lipinski definition) is 7. The number of nitrogens with one attached hydrogen (secondary N) is 1. The quantitative estimate of drug-likeness (QED) is 0.207. The summed E-state index contributed by atoms with van der Waals surface area (Å²) in [6.07, 6.45) is -10.8. The fourth-order valence-electron chi connectivity index (χ4n) is 3.96. The molecule has 11 nitrogen and oxygen atoms in total. The highest BCUT2D eigenvalue weighted by molar-refractivity contribution is 9.10. The Hall–Kier alpha value is -5.08. The predicted molar refractivity (Wildman–Crippen MR) is 171 cm³/mol. The zero-order chi connectivity index (χ0) is 39.9. The van der Waals surface area contributed by atoms with Gasteiger partial charge < -0.3 is 30.4 Å². The van der Waals surface area contributed by atoms with Gasteiger partial charge in [0.2, 0.25) is 0 Å². The Balaban J connectivity index is 0.000000525. The van der Waals surface area contributed by atoms with Crippen LogP contribution in [0.5, 0.6) is 0 Å². The number of carboxylic acid groups (broad SMARTS) is 3. The molecule has 0 unspecified atom stereocenters. The minimum absolute atomic E-state index is 0.0365. The fraction of sp³-hybridized carbons (Fsp3) is 0.323. The summed E-state index contributed by atoms with van der Waals surface area (Å²) in [4.78, 5) is 48.3. The Morgan fingerprint density at radius 3 is 1.58 bits per heavy atom. The first kappa shape index (κ1) is 44.9. The number of halogens is 10. The molecule has 1 aliphatic rings.